The van der Waals surface area contributed by atoms with E-state index in [0.717, 1.165) is 19.7 Å². The minimum absolute atomic E-state index is 0.333. The van der Waals surface area contributed by atoms with E-state index in [-0.39, 0.29) is 0 Å². The van der Waals surface area contributed by atoms with Crippen LogP contribution in [0.5, 0.6) is 0 Å². The van der Waals surface area contributed by atoms with Crippen molar-refractivity contribution in [1.29, 1.82) is 0 Å². The molecule has 0 rings (SSSR count). The van der Waals surface area contributed by atoms with Crippen LogP contribution in [0.3, 0.4) is 0 Å². The zero-order chi connectivity index (χ0) is 7.82. The molecule has 0 atom stereocenters. The molecule has 3 heteroatoms. The Hall–Kier alpha value is -0.120. The third-order valence-corrected chi connectivity index (χ3v) is 1.05. The van der Waals surface area contributed by atoms with E-state index in [1.165, 1.54) is 0 Å². The summed E-state index contributed by atoms with van der Waals surface area (Å²) in [5.41, 5.74) is 5.27. The van der Waals surface area contributed by atoms with Gasteiger partial charge in [-0.05, 0) is 13.8 Å². The molecular weight excluding hydrogens is 128 g/mol. The lowest BCUT2D eigenvalue weighted by Gasteiger charge is -2.07. The van der Waals surface area contributed by atoms with Crippen LogP contribution in [0.1, 0.15) is 13.8 Å². The van der Waals surface area contributed by atoms with Gasteiger partial charge < -0.3 is 15.8 Å². The van der Waals surface area contributed by atoms with Gasteiger partial charge in [0.1, 0.15) is 0 Å². The molecule has 0 aromatic rings. The van der Waals surface area contributed by atoms with Crippen molar-refractivity contribution in [3.63, 3.8) is 0 Å². The molecule has 3 N–H and O–H groups in total. The first-order chi connectivity index (χ1) is 4.77. The molecule has 3 nitrogen and oxygen atoms in total. The van der Waals surface area contributed by atoms with Gasteiger partial charge in [0.05, 0.1) is 12.7 Å². The number of hydrogen-bond donors (Lipinski definition) is 2. The highest BCUT2D eigenvalue weighted by Gasteiger charge is 1.90. The van der Waals surface area contributed by atoms with Crippen molar-refractivity contribution in [2.75, 3.05) is 26.2 Å². The minimum atomic E-state index is 0.333. The maximum absolute atomic E-state index is 5.29. The number of hydrogen-bond acceptors (Lipinski definition) is 3. The Morgan fingerprint density at radius 3 is 2.60 bits per heavy atom. The van der Waals surface area contributed by atoms with Gasteiger partial charge in [0.15, 0.2) is 0 Å². The van der Waals surface area contributed by atoms with E-state index in [2.05, 4.69) is 5.32 Å². The van der Waals surface area contributed by atoms with Gasteiger partial charge in [-0.1, -0.05) is 0 Å². The minimum Gasteiger partial charge on any atom is -0.377 e. The molecule has 62 valence electrons. The Labute approximate surface area is 62.9 Å². The molecule has 0 saturated heterocycles. The topological polar surface area (TPSA) is 47.3 Å². The van der Waals surface area contributed by atoms with Crippen LogP contribution in [0.2, 0.25) is 0 Å². The van der Waals surface area contributed by atoms with Crippen LogP contribution in [0, 0.1) is 0 Å². The van der Waals surface area contributed by atoms with Crippen molar-refractivity contribution in [2.24, 2.45) is 5.73 Å². The highest BCUT2D eigenvalue weighted by Crippen LogP contribution is 1.84. The fourth-order valence-corrected chi connectivity index (χ4v) is 0.594. The van der Waals surface area contributed by atoms with Gasteiger partial charge in [-0.2, -0.15) is 0 Å². The summed E-state index contributed by atoms with van der Waals surface area (Å²) in [7, 11) is 0. The number of rotatable bonds is 6. The smallest absolute Gasteiger partial charge is 0.0594 e. The third kappa shape index (κ3) is 7.88. The molecule has 0 unspecified atom stereocenters. The lowest BCUT2D eigenvalue weighted by atomic mass is 10.5. The average Bonchev–Trinajstić information content (AvgIpc) is 1.87. The Morgan fingerprint density at radius 2 is 2.10 bits per heavy atom. The second-order valence-electron chi connectivity index (χ2n) is 2.46. The number of nitrogens with two attached hydrogens (primary N) is 1. The summed E-state index contributed by atoms with van der Waals surface area (Å²) in [6.45, 7) is 7.31. The van der Waals surface area contributed by atoms with Crippen LogP contribution in [-0.4, -0.2) is 32.3 Å². The molecule has 0 aromatic heterocycles. The van der Waals surface area contributed by atoms with Gasteiger partial charge in [0.25, 0.3) is 0 Å². The standard InChI is InChI=1S/C7H18N2O/c1-7(2)10-6-5-9-4-3-8/h7,9H,3-6,8H2,1-2H3. The first kappa shape index (κ1) is 9.88. The summed E-state index contributed by atoms with van der Waals surface area (Å²) in [4.78, 5) is 0. The van der Waals surface area contributed by atoms with Crippen molar-refractivity contribution < 1.29 is 4.74 Å². The summed E-state index contributed by atoms with van der Waals surface area (Å²) in [6, 6.07) is 0. The zero-order valence-electron chi connectivity index (χ0n) is 6.89. The van der Waals surface area contributed by atoms with E-state index < -0.39 is 0 Å². The Bertz CT molecular complexity index is 66.6. The highest BCUT2D eigenvalue weighted by atomic mass is 16.5. The van der Waals surface area contributed by atoms with Gasteiger partial charge in [-0.3, -0.25) is 0 Å². The molecule has 0 aliphatic carbocycles. The van der Waals surface area contributed by atoms with Gasteiger partial charge in [-0.15, -0.1) is 0 Å². The average molecular weight is 146 g/mol. The lowest BCUT2D eigenvalue weighted by Crippen LogP contribution is -2.26. The van der Waals surface area contributed by atoms with E-state index >= 15 is 0 Å². The maximum Gasteiger partial charge on any atom is 0.0594 e. The molecular formula is C7H18N2O. The number of ether oxygens (including phenoxy) is 1. The van der Waals surface area contributed by atoms with Crippen molar-refractivity contribution in [3.05, 3.63) is 0 Å². The van der Waals surface area contributed by atoms with E-state index in [9.17, 15) is 0 Å². The third-order valence-electron chi connectivity index (χ3n) is 1.05. The lowest BCUT2D eigenvalue weighted by molar-refractivity contribution is 0.0810. The summed E-state index contributed by atoms with van der Waals surface area (Å²) >= 11 is 0. The van der Waals surface area contributed by atoms with Gasteiger partial charge in [-0.25, -0.2) is 0 Å². The van der Waals surface area contributed by atoms with Crippen molar-refractivity contribution in [3.8, 4) is 0 Å². The van der Waals surface area contributed by atoms with Gasteiger partial charge in [0.2, 0.25) is 0 Å². The molecule has 0 fully saturated rings. The molecule has 0 spiro atoms. The molecule has 0 amide bonds. The summed E-state index contributed by atoms with van der Waals surface area (Å²) in [6.07, 6.45) is 0.333. The molecule has 0 saturated carbocycles. The van der Waals surface area contributed by atoms with E-state index in [1.54, 1.807) is 0 Å². The van der Waals surface area contributed by atoms with E-state index in [0.29, 0.717) is 12.6 Å². The molecule has 0 bridgehead atoms. The van der Waals surface area contributed by atoms with Crippen LogP contribution in [-0.2, 0) is 4.74 Å². The second-order valence-corrected chi connectivity index (χ2v) is 2.46. The highest BCUT2D eigenvalue weighted by molar-refractivity contribution is 4.46. The van der Waals surface area contributed by atoms with Crippen molar-refractivity contribution in [2.45, 2.75) is 20.0 Å². The summed E-state index contributed by atoms with van der Waals surface area (Å²) < 4.78 is 5.29. The Kier molecular flexibility index (Phi) is 6.91. The predicted octanol–water partition coefficient (Wildman–Crippen LogP) is -0.0403. The van der Waals surface area contributed by atoms with Crippen LogP contribution >= 0.6 is 0 Å². The SMILES string of the molecule is CC(C)OCCNCCN. The molecule has 0 aliphatic heterocycles. The molecule has 0 heterocycles. The summed E-state index contributed by atoms with van der Waals surface area (Å²) in [5, 5.41) is 3.14. The predicted molar refractivity (Wildman–Crippen MR) is 43.0 cm³/mol. The quantitative estimate of drug-likeness (QED) is 0.517. The van der Waals surface area contributed by atoms with Gasteiger partial charge >= 0.3 is 0 Å². The zero-order valence-corrected chi connectivity index (χ0v) is 6.89. The first-order valence-corrected chi connectivity index (χ1v) is 3.79. The second kappa shape index (κ2) is 6.99. The Balaban J connectivity index is 2.77. The number of nitrogens with one attached hydrogen (secondary N) is 1. The van der Waals surface area contributed by atoms with Crippen molar-refractivity contribution in [1.82, 2.24) is 5.32 Å². The fourth-order valence-electron chi connectivity index (χ4n) is 0.594. The molecule has 10 heavy (non-hydrogen) atoms. The van der Waals surface area contributed by atoms with E-state index in [1.807, 2.05) is 13.8 Å². The van der Waals surface area contributed by atoms with Crippen LogP contribution in [0.15, 0.2) is 0 Å². The maximum atomic E-state index is 5.29. The molecule has 0 aliphatic rings. The Morgan fingerprint density at radius 1 is 1.40 bits per heavy atom. The van der Waals surface area contributed by atoms with Gasteiger partial charge in [0, 0.05) is 19.6 Å². The molecule has 0 radical (unpaired) electrons. The molecule has 0 aromatic carbocycles. The van der Waals surface area contributed by atoms with E-state index in [4.69, 9.17) is 10.5 Å². The normalized spacial score (nSPS) is 10.8. The van der Waals surface area contributed by atoms with Crippen LogP contribution in [0.4, 0.5) is 0 Å². The van der Waals surface area contributed by atoms with Crippen LogP contribution in [0.25, 0.3) is 0 Å². The first-order valence-electron chi connectivity index (χ1n) is 3.79. The van der Waals surface area contributed by atoms with Crippen LogP contribution < -0.4 is 11.1 Å². The van der Waals surface area contributed by atoms with Crippen molar-refractivity contribution >= 4 is 0 Å². The largest absolute Gasteiger partial charge is 0.377 e. The fraction of sp³-hybridized carbons (Fsp3) is 1.00. The summed E-state index contributed by atoms with van der Waals surface area (Å²) in [5.74, 6) is 0. The monoisotopic (exact) mass is 146 g/mol.